The Kier molecular flexibility index (Phi) is 10.5. The van der Waals surface area contributed by atoms with Crippen LogP contribution in [-0.4, -0.2) is 65.1 Å². The first-order valence-corrected chi connectivity index (χ1v) is 15.9. The standard InChI is InChI=1S/C35H40ClN5O4/c1-23-19-28(11-12-29(23)36)38-34(44)30(15-17-37)39-35(45)31-20-25-9-5-6-10-26(25)22-41(31)33(43)14-13-32(42)40-18-16-27(21-40)24-7-3-2-4-8-24/h2-12,19,27,30-31H,13-18,20-22,37H2,1H3,(H,38,44)(H,39,45)/t27?,30-,31-/m0/s1. The molecule has 236 valence electrons. The van der Waals surface area contributed by atoms with E-state index in [1.165, 1.54) is 5.56 Å². The van der Waals surface area contributed by atoms with Crippen molar-refractivity contribution in [2.45, 2.75) is 63.6 Å². The van der Waals surface area contributed by atoms with Crippen LogP contribution in [-0.2, 0) is 32.1 Å². The van der Waals surface area contributed by atoms with Crippen molar-refractivity contribution in [3.05, 3.63) is 100 Å². The Morgan fingerprint density at radius 3 is 2.40 bits per heavy atom. The number of carbonyl (C=O) groups is 4. The van der Waals surface area contributed by atoms with Crippen LogP contribution < -0.4 is 16.4 Å². The van der Waals surface area contributed by atoms with E-state index in [2.05, 4.69) is 22.8 Å². The molecule has 10 heteroatoms. The van der Waals surface area contributed by atoms with Crippen LogP contribution in [0.4, 0.5) is 5.69 Å². The van der Waals surface area contributed by atoms with E-state index >= 15 is 0 Å². The number of anilines is 1. The van der Waals surface area contributed by atoms with E-state index in [4.69, 9.17) is 17.3 Å². The quantitative estimate of drug-likeness (QED) is 0.311. The summed E-state index contributed by atoms with van der Waals surface area (Å²) < 4.78 is 0. The van der Waals surface area contributed by atoms with E-state index in [1.54, 1.807) is 23.1 Å². The fourth-order valence-corrected chi connectivity index (χ4v) is 6.29. The molecule has 1 unspecified atom stereocenters. The van der Waals surface area contributed by atoms with E-state index in [0.29, 0.717) is 36.1 Å². The zero-order chi connectivity index (χ0) is 31.9. The van der Waals surface area contributed by atoms with Gasteiger partial charge in [-0.1, -0.05) is 66.2 Å². The molecule has 3 aromatic rings. The first-order chi connectivity index (χ1) is 21.7. The molecule has 2 aliphatic heterocycles. The molecule has 2 aliphatic rings. The number of aryl methyl sites for hydroxylation is 1. The molecule has 2 heterocycles. The Morgan fingerprint density at radius 2 is 1.67 bits per heavy atom. The van der Waals surface area contributed by atoms with Crippen molar-refractivity contribution in [2.24, 2.45) is 5.73 Å². The second-order valence-electron chi connectivity index (χ2n) is 11.8. The minimum atomic E-state index is -0.901. The molecule has 0 aromatic heterocycles. The SMILES string of the molecule is Cc1cc(NC(=O)[C@H](CCN)NC(=O)[C@@H]2Cc3ccccc3CN2C(=O)CCC(=O)N2CCC(c3ccccc3)C2)ccc1Cl. The van der Waals surface area contributed by atoms with Gasteiger partial charge in [-0.2, -0.15) is 0 Å². The number of hydrogen-bond acceptors (Lipinski definition) is 5. The third kappa shape index (κ3) is 7.90. The molecule has 0 saturated carbocycles. The number of nitrogens with zero attached hydrogens (tertiary/aromatic N) is 2. The number of likely N-dealkylation sites (tertiary alicyclic amines) is 1. The van der Waals surface area contributed by atoms with Crippen LogP contribution in [0.1, 0.15) is 53.9 Å². The predicted molar refractivity (Wildman–Crippen MR) is 175 cm³/mol. The maximum absolute atomic E-state index is 13.8. The van der Waals surface area contributed by atoms with Crippen molar-refractivity contribution in [2.75, 3.05) is 25.0 Å². The zero-order valence-corrected chi connectivity index (χ0v) is 26.3. The molecule has 9 nitrogen and oxygen atoms in total. The van der Waals surface area contributed by atoms with Crippen molar-refractivity contribution < 1.29 is 19.2 Å². The molecule has 3 atom stereocenters. The van der Waals surface area contributed by atoms with Gasteiger partial charge in [0, 0.05) is 55.5 Å². The van der Waals surface area contributed by atoms with E-state index in [9.17, 15) is 19.2 Å². The number of hydrogen-bond donors (Lipinski definition) is 3. The van der Waals surface area contributed by atoms with E-state index in [0.717, 1.165) is 23.1 Å². The maximum atomic E-state index is 13.8. The van der Waals surface area contributed by atoms with Crippen LogP contribution in [0.5, 0.6) is 0 Å². The van der Waals surface area contributed by atoms with Gasteiger partial charge in [0.1, 0.15) is 12.1 Å². The average molecular weight is 630 g/mol. The van der Waals surface area contributed by atoms with Crippen LogP contribution in [0.25, 0.3) is 0 Å². The molecule has 4 N–H and O–H groups in total. The molecule has 1 saturated heterocycles. The molecular weight excluding hydrogens is 590 g/mol. The molecule has 5 rings (SSSR count). The lowest BCUT2D eigenvalue weighted by molar-refractivity contribution is -0.144. The largest absolute Gasteiger partial charge is 0.342 e. The minimum absolute atomic E-state index is 0.0000829. The van der Waals surface area contributed by atoms with Gasteiger partial charge in [-0.3, -0.25) is 19.2 Å². The number of benzene rings is 3. The molecule has 0 radical (unpaired) electrons. The summed E-state index contributed by atoms with van der Waals surface area (Å²) in [5, 5.41) is 6.27. The monoisotopic (exact) mass is 629 g/mol. The van der Waals surface area contributed by atoms with Crippen molar-refractivity contribution >= 4 is 40.9 Å². The van der Waals surface area contributed by atoms with Gasteiger partial charge in [0.25, 0.3) is 0 Å². The summed E-state index contributed by atoms with van der Waals surface area (Å²) in [5.74, 6) is -0.879. The Morgan fingerprint density at radius 1 is 0.956 bits per heavy atom. The Balaban J connectivity index is 1.24. The number of carbonyl (C=O) groups excluding carboxylic acids is 4. The first kappa shape index (κ1) is 32.2. The highest BCUT2D eigenvalue weighted by Gasteiger charge is 2.36. The van der Waals surface area contributed by atoms with Gasteiger partial charge in [-0.05, 0) is 66.8 Å². The zero-order valence-electron chi connectivity index (χ0n) is 25.5. The second-order valence-corrected chi connectivity index (χ2v) is 12.2. The normalized spacial score (nSPS) is 18.2. The molecule has 0 spiro atoms. The minimum Gasteiger partial charge on any atom is -0.342 e. The van der Waals surface area contributed by atoms with E-state index in [-0.39, 0.29) is 44.2 Å². The fourth-order valence-electron chi connectivity index (χ4n) is 6.17. The highest BCUT2D eigenvalue weighted by atomic mass is 35.5. The fraction of sp³-hybridized carbons (Fsp3) is 0.371. The second kappa shape index (κ2) is 14.7. The van der Waals surface area contributed by atoms with Gasteiger partial charge >= 0.3 is 0 Å². The third-order valence-electron chi connectivity index (χ3n) is 8.75. The predicted octanol–water partition coefficient (Wildman–Crippen LogP) is 4.17. The van der Waals surface area contributed by atoms with Crippen molar-refractivity contribution in [1.29, 1.82) is 0 Å². The van der Waals surface area contributed by atoms with Gasteiger partial charge in [0.15, 0.2) is 0 Å². The van der Waals surface area contributed by atoms with Crippen molar-refractivity contribution in [1.82, 2.24) is 15.1 Å². The highest BCUT2D eigenvalue weighted by molar-refractivity contribution is 6.31. The lowest BCUT2D eigenvalue weighted by Crippen LogP contribution is -2.56. The van der Waals surface area contributed by atoms with Crippen molar-refractivity contribution in [3.8, 4) is 0 Å². The summed E-state index contributed by atoms with van der Waals surface area (Å²) in [6.07, 6.45) is 1.49. The number of nitrogens with two attached hydrogens (primary N) is 1. The number of halogens is 1. The molecule has 1 fully saturated rings. The number of nitrogens with one attached hydrogen (secondary N) is 2. The van der Waals surface area contributed by atoms with Crippen LogP contribution in [0, 0.1) is 6.92 Å². The Bertz CT molecular complexity index is 1550. The Labute approximate surface area is 269 Å². The molecular formula is C35H40ClN5O4. The van der Waals surface area contributed by atoms with Crippen LogP contribution >= 0.6 is 11.6 Å². The van der Waals surface area contributed by atoms with Crippen LogP contribution in [0.3, 0.4) is 0 Å². The molecule has 0 bridgehead atoms. The van der Waals surface area contributed by atoms with Gasteiger partial charge in [0.05, 0.1) is 0 Å². The number of amides is 4. The summed E-state index contributed by atoms with van der Waals surface area (Å²) in [7, 11) is 0. The first-order valence-electron chi connectivity index (χ1n) is 15.5. The lowest BCUT2D eigenvalue weighted by atomic mass is 9.92. The molecule has 45 heavy (non-hydrogen) atoms. The molecule has 0 aliphatic carbocycles. The van der Waals surface area contributed by atoms with Crippen molar-refractivity contribution in [3.63, 3.8) is 0 Å². The third-order valence-corrected chi connectivity index (χ3v) is 9.17. The van der Waals surface area contributed by atoms with Gasteiger partial charge < -0.3 is 26.2 Å². The number of fused-ring (bicyclic) bond motifs is 1. The van der Waals surface area contributed by atoms with Gasteiger partial charge in [0.2, 0.25) is 23.6 Å². The Hall–Kier alpha value is -4.21. The smallest absolute Gasteiger partial charge is 0.246 e. The number of rotatable bonds is 10. The van der Waals surface area contributed by atoms with E-state index in [1.807, 2.05) is 54.3 Å². The summed E-state index contributed by atoms with van der Waals surface area (Å²) in [4.78, 5) is 57.1. The topological polar surface area (TPSA) is 125 Å². The lowest BCUT2D eigenvalue weighted by Gasteiger charge is -2.37. The van der Waals surface area contributed by atoms with Crippen LogP contribution in [0.2, 0.25) is 5.02 Å². The highest BCUT2D eigenvalue weighted by Crippen LogP contribution is 2.28. The average Bonchev–Trinajstić information content (AvgIpc) is 3.55. The molecule has 4 amide bonds. The van der Waals surface area contributed by atoms with Gasteiger partial charge in [-0.25, -0.2) is 0 Å². The maximum Gasteiger partial charge on any atom is 0.246 e. The van der Waals surface area contributed by atoms with Gasteiger partial charge in [-0.15, -0.1) is 0 Å². The van der Waals surface area contributed by atoms with E-state index < -0.39 is 23.9 Å². The van der Waals surface area contributed by atoms with Crippen LogP contribution in [0.15, 0.2) is 72.8 Å². The summed E-state index contributed by atoms with van der Waals surface area (Å²) in [5.41, 5.74) is 10.3. The summed E-state index contributed by atoms with van der Waals surface area (Å²) in [6, 6.07) is 21.3. The summed E-state index contributed by atoms with van der Waals surface area (Å²) in [6.45, 7) is 3.56. The summed E-state index contributed by atoms with van der Waals surface area (Å²) >= 11 is 6.12. The molecule has 3 aromatic carbocycles.